The van der Waals surface area contributed by atoms with Gasteiger partial charge in [0.25, 0.3) is 11.1 Å². The maximum Gasteiger partial charge on any atom is 0.293 e. The number of hydrogen-bond acceptors (Lipinski definition) is 4. The van der Waals surface area contributed by atoms with Gasteiger partial charge in [-0.1, -0.05) is 60.7 Å². The van der Waals surface area contributed by atoms with Gasteiger partial charge in [0.1, 0.15) is 5.75 Å². The lowest BCUT2D eigenvalue weighted by molar-refractivity contribution is -0.123. The molecule has 3 aromatic rings. The van der Waals surface area contributed by atoms with Crippen molar-refractivity contribution in [2.24, 2.45) is 0 Å². The Morgan fingerprint density at radius 2 is 1.63 bits per heavy atom. The van der Waals surface area contributed by atoms with Crippen LogP contribution in [0, 0.1) is 0 Å². The van der Waals surface area contributed by atoms with Crippen molar-refractivity contribution in [2.45, 2.75) is 6.54 Å². The van der Waals surface area contributed by atoms with Crippen molar-refractivity contribution in [1.82, 2.24) is 4.90 Å². The molecule has 5 heteroatoms. The lowest BCUT2D eigenvalue weighted by Crippen LogP contribution is -2.27. The van der Waals surface area contributed by atoms with Crippen LogP contribution in [0.25, 0.3) is 16.8 Å². The summed E-state index contributed by atoms with van der Waals surface area (Å²) >= 11 is 0.982. The highest BCUT2D eigenvalue weighted by Crippen LogP contribution is 2.36. The van der Waals surface area contributed by atoms with Gasteiger partial charge < -0.3 is 4.74 Å². The molecule has 0 unspecified atom stereocenters. The second-order valence-corrected chi connectivity index (χ2v) is 7.15. The molecule has 0 atom stereocenters. The highest BCUT2D eigenvalue weighted by molar-refractivity contribution is 8.18. The summed E-state index contributed by atoms with van der Waals surface area (Å²) in [6, 6.07) is 21.2. The van der Waals surface area contributed by atoms with Crippen LogP contribution >= 0.6 is 11.8 Å². The number of fused-ring (bicyclic) bond motifs is 1. The third-order valence-electron chi connectivity index (χ3n) is 4.48. The predicted octanol–water partition coefficient (Wildman–Crippen LogP) is 5.08. The van der Waals surface area contributed by atoms with E-state index in [9.17, 15) is 9.59 Å². The Morgan fingerprint density at radius 1 is 0.926 bits per heavy atom. The number of amides is 2. The van der Waals surface area contributed by atoms with E-state index in [2.05, 4.69) is 0 Å². The summed E-state index contributed by atoms with van der Waals surface area (Å²) in [5.74, 6) is 0.522. The van der Waals surface area contributed by atoms with Gasteiger partial charge in [0, 0.05) is 5.39 Å². The average Bonchev–Trinajstić information content (AvgIpc) is 2.96. The third-order valence-corrected chi connectivity index (χ3v) is 5.39. The van der Waals surface area contributed by atoms with Crippen LogP contribution in [0.1, 0.15) is 11.1 Å². The molecule has 0 saturated carbocycles. The third kappa shape index (κ3) is 3.34. The van der Waals surface area contributed by atoms with Crippen molar-refractivity contribution in [3.05, 3.63) is 82.8 Å². The molecule has 1 aliphatic heterocycles. The molecule has 0 aromatic heterocycles. The minimum Gasteiger partial charge on any atom is -0.496 e. The fraction of sp³-hybridized carbons (Fsp3) is 0.0909. The van der Waals surface area contributed by atoms with Crippen molar-refractivity contribution in [1.29, 1.82) is 0 Å². The molecule has 4 nitrogen and oxygen atoms in total. The molecular formula is C22H17NO3S. The zero-order chi connectivity index (χ0) is 18.8. The standard InChI is InChI=1S/C22H17NO3S/c1-26-19-12-11-16(17-9-5-6-10-18(17)19)13-20-21(24)23(22(25)27-20)14-15-7-3-2-4-8-15/h2-13H,14H2,1H3/b20-13-. The van der Waals surface area contributed by atoms with Gasteiger partial charge in [-0.25, -0.2) is 0 Å². The van der Waals surface area contributed by atoms with E-state index < -0.39 is 0 Å². The average molecular weight is 375 g/mol. The number of nitrogens with zero attached hydrogens (tertiary/aromatic N) is 1. The van der Waals surface area contributed by atoms with Crippen LogP contribution in [-0.4, -0.2) is 23.2 Å². The highest BCUT2D eigenvalue weighted by Gasteiger charge is 2.35. The number of benzene rings is 3. The lowest BCUT2D eigenvalue weighted by atomic mass is 10.0. The summed E-state index contributed by atoms with van der Waals surface area (Å²) in [5, 5.41) is 1.71. The zero-order valence-electron chi connectivity index (χ0n) is 14.7. The molecule has 0 bridgehead atoms. The highest BCUT2D eigenvalue weighted by atomic mass is 32.2. The van der Waals surface area contributed by atoms with E-state index in [-0.39, 0.29) is 17.7 Å². The van der Waals surface area contributed by atoms with Gasteiger partial charge in [-0.05, 0) is 40.4 Å². The number of ether oxygens (including phenoxy) is 1. The molecule has 2 amide bonds. The van der Waals surface area contributed by atoms with Crippen LogP contribution in [0.5, 0.6) is 5.75 Å². The molecule has 3 aromatic carbocycles. The first-order valence-corrected chi connectivity index (χ1v) is 9.34. The first-order chi connectivity index (χ1) is 13.2. The topological polar surface area (TPSA) is 46.6 Å². The Kier molecular flexibility index (Phi) is 4.69. The summed E-state index contributed by atoms with van der Waals surface area (Å²) in [7, 11) is 1.64. The summed E-state index contributed by atoms with van der Waals surface area (Å²) in [6.45, 7) is 0.284. The molecule has 134 valence electrons. The van der Waals surface area contributed by atoms with E-state index in [1.165, 1.54) is 4.90 Å². The normalized spacial score (nSPS) is 15.7. The molecule has 0 spiro atoms. The SMILES string of the molecule is COc1ccc(/C=C2\SC(=O)N(Cc3ccccc3)C2=O)c2ccccc12. The van der Waals surface area contributed by atoms with Crippen molar-refractivity contribution < 1.29 is 14.3 Å². The van der Waals surface area contributed by atoms with E-state index in [4.69, 9.17) is 4.74 Å². The minimum atomic E-state index is -0.256. The maximum atomic E-state index is 12.8. The van der Waals surface area contributed by atoms with Crippen LogP contribution in [0.2, 0.25) is 0 Å². The van der Waals surface area contributed by atoms with Crippen molar-refractivity contribution in [2.75, 3.05) is 7.11 Å². The van der Waals surface area contributed by atoms with Crippen molar-refractivity contribution in [3.8, 4) is 5.75 Å². The van der Waals surface area contributed by atoms with E-state index in [1.807, 2.05) is 66.7 Å². The van der Waals surface area contributed by atoms with Gasteiger partial charge in [-0.2, -0.15) is 0 Å². The monoisotopic (exact) mass is 375 g/mol. The largest absolute Gasteiger partial charge is 0.496 e. The maximum absolute atomic E-state index is 12.8. The van der Waals surface area contributed by atoms with Crippen LogP contribution in [0.4, 0.5) is 4.79 Å². The van der Waals surface area contributed by atoms with Gasteiger partial charge in [-0.3, -0.25) is 14.5 Å². The summed E-state index contributed by atoms with van der Waals surface area (Å²) in [6.07, 6.45) is 1.79. The number of hydrogen-bond donors (Lipinski definition) is 0. The molecule has 1 heterocycles. The number of carbonyl (C=O) groups is 2. The number of methoxy groups -OCH3 is 1. The molecule has 0 aliphatic carbocycles. The van der Waals surface area contributed by atoms with Crippen LogP contribution in [-0.2, 0) is 11.3 Å². The molecule has 4 rings (SSSR count). The van der Waals surface area contributed by atoms with E-state index in [1.54, 1.807) is 13.2 Å². The Balaban J connectivity index is 1.68. The Bertz CT molecular complexity index is 1060. The second kappa shape index (κ2) is 7.29. The van der Waals surface area contributed by atoms with Gasteiger partial charge in [0.05, 0.1) is 18.6 Å². The predicted molar refractivity (Wildman–Crippen MR) is 108 cm³/mol. The lowest BCUT2D eigenvalue weighted by Gasteiger charge is -2.12. The summed E-state index contributed by atoms with van der Waals surface area (Å²) < 4.78 is 5.42. The van der Waals surface area contributed by atoms with Gasteiger partial charge in [0.2, 0.25) is 0 Å². The first-order valence-electron chi connectivity index (χ1n) is 8.52. The van der Waals surface area contributed by atoms with Crippen molar-refractivity contribution in [3.63, 3.8) is 0 Å². The second-order valence-electron chi connectivity index (χ2n) is 6.16. The van der Waals surface area contributed by atoms with E-state index >= 15 is 0 Å². The Hall–Kier alpha value is -3.05. The first kappa shape index (κ1) is 17.4. The summed E-state index contributed by atoms with van der Waals surface area (Å²) in [5.41, 5.74) is 1.81. The van der Waals surface area contributed by atoms with Gasteiger partial charge in [0.15, 0.2) is 0 Å². The van der Waals surface area contributed by atoms with E-state index in [0.717, 1.165) is 39.4 Å². The molecule has 27 heavy (non-hydrogen) atoms. The number of rotatable bonds is 4. The van der Waals surface area contributed by atoms with E-state index in [0.29, 0.717) is 4.91 Å². The van der Waals surface area contributed by atoms with Crippen LogP contribution in [0.15, 0.2) is 71.6 Å². The molecule has 1 saturated heterocycles. The van der Waals surface area contributed by atoms with Crippen LogP contribution < -0.4 is 4.74 Å². The Morgan fingerprint density at radius 3 is 2.37 bits per heavy atom. The molecule has 0 N–H and O–H groups in total. The van der Waals surface area contributed by atoms with Crippen molar-refractivity contribution >= 4 is 39.8 Å². The molecular weight excluding hydrogens is 358 g/mol. The fourth-order valence-corrected chi connectivity index (χ4v) is 3.97. The smallest absolute Gasteiger partial charge is 0.293 e. The molecule has 0 radical (unpaired) electrons. The molecule has 1 fully saturated rings. The number of thioether (sulfide) groups is 1. The minimum absolute atomic E-state index is 0.243. The number of carbonyl (C=O) groups excluding carboxylic acids is 2. The quantitative estimate of drug-likeness (QED) is 0.596. The fourth-order valence-electron chi connectivity index (χ4n) is 3.14. The Labute approximate surface area is 161 Å². The van der Waals surface area contributed by atoms with Gasteiger partial charge >= 0.3 is 0 Å². The van der Waals surface area contributed by atoms with Gasteiger partial charge in [-0.15, -0.1) is 0 Å². The molecule has 1 aliphatic rings. The number of imide groups is 1. The zero-order valence-corrected chi connectivity index (χ0v) is 15.5. The summed E-state index contributed by atoms with van der Waals surface area (Å²) in [4.78, 5) is 26.9. The van der Waals surface area contributed by atoms with Crippen LogP contribution in [0.3, 0.4) is 0 Å².